The predicted octanol–water partition coefficient (Wildman–Crippen LogP) is 7.07. The van der Waals surface area contributed by atoms with Crippen LogP contribution >= 0.6 is 11.6 Å². The summed E-state index contributed by atoms with van der Waals surface area (Å²) >= 11 is 6.09. The number of alkyl halides is 9. The van der Waals surface area contributed by atoms with Crippen molar-refractivity contribution in [1.82, 2.24) is 45.9 Å². The van der Waals surface area contributed by atoms with E-state index < -0.39 is 59.9 Å². The van der Waals surface area contributed by atoms with Gasteiger partial charge in [-0.25, -0.2) is 33.1 Å². The minimum atomic E-state index is -5.08. The third-order valence-electron chi connectivity index (χ3n) is 9.86. The van der Waals surface area contributed by atoms with Crippen LogP contribution in [-0.2, 0) is 14.4 Å². The number of fused-ring (bicyclic) bond motifs is 1. The molecule has 0 unspecified atom stereocenters. The molecule has 5 heterocycles. The molecule has 0 radical (unpaired) electrons. The molecule has 2 saturated heterocycles. The Bertz CT molecular complexity index is 2940. The third kappa shape index (κ3) is 15.9. The standard InChI is InChI=1S/C23H18ClFN6O.C15H15FN4O.3C2HF3O2/c1-26-22(32)17-5-3-13(8-18(17)25)20-21(28-7-6-27-20)15-11-31(12-15)23-29-10-14-2-4-16(24)9-19(14)30-23;1-17-15(21)11-3-2-9(6-12(11)16)13-14(10-7-18-8-10)20-5-4-19-13;3*3-2(4,5)1(6)7/h2-10,15H,11-12H2,1H3,(H,26,32);2-6,10,18H,7-8H2,1H3,(H,17,21);3*(H,6,7). The summed E-state index contributed by atoms with van der Waals surface area (Å²) in [5, 5.41) is 31.0. The molecule has 0 saturated carbocycles. The van der Waals surface area contributed by atoms with Crippen LogP contribution in [0.2, 0.25) is 5.02 Å². The lowest BCUT2D eigenvalue weighted by Crippen LogP contribution is -2.46. The van der Waals surface area contributed by atoms with E-state index in [9.17, 15) is 57.9 Å². The van der Waals surface area contributed by atoms with Crippen molar-refractivity contribution in [2.24, 2.45) is 0 Å². The van der Waals surface area contributed by atoms with Gasteiger partial charge >= 0.3 is 36.4 Å². The highest BCUT2D eigenvalue weighted by molar-refractivity contribution is 6.31. The quantitative estimate of drug-likeness (QED) is 0.0873. The SMILES string of the molecule is CNC(=O)c1ccc(-c2nccnc2C2CN(c3ncc4ccc(Cl)cc4n3)C2)cc1F.CNC(=O)c1ccc(-c2nccnc2C2CNC2)cc1F.O=C(O)C(F)(F)F.O=C(O)C(F)(F)F.O=C(O)C(F)(F)F. The normalized spacial score (nSPS) is 13.3. The van der Waals surface area contributed by atoms with Crippen molar-refractivity contribution in [2.45, 2.75) is 30.4 Å². The van der Waals surface area contributed by atoms with E-state index >= 15 is 0 Å². The average Bonchev–Trinajstić information content (AvgIpc) is 3.30. The van der Waals surface area contributed by atoms with Crippen LogP contribution in [0.25, 0.3) is 33.4 Å². The van der Waals surface area contributed by atoms with Crippen molar-refractivity contribution in [1.29, 1.82) is 0 Å². The maximum Gasteiger partial charge on any atom is 0.490 e. The van der Waals surface area contributed by atoms with E-state index in [1.165, 1.54) is 38.4 Å². The molecule has 2 amide bonds. The fourth-order valence-electron chi connectivity index (χ4n) is 6.14. The molecule has 30 heteroatoms. The first-order valence-electron chi connectivity index (χ1n) is 20.5. The fourth-order valence-corrected chi connectivity index (χ4v) is 6.30. The second-order valence-electron chi connectivity index (χ2n) is 14.9. The summed E-state index contributed by atoms with van der Waals surface area (Å²) in [6.45, 7) is 3.03. The first-order chi connectivity index (χ1) is 34.6. The van der Waals surface area contributed by atoms with Crippen LogP contribution in [0, 0.1) is 11.6 Å². The first kappa shape index (κ1) is 58.4. The van der Waals surface area contributed by atoms with Crippen LogP contribution < -0.4 is 20.9 Å². The number of nitrogens with zero attached hydrogens (tertiary/aromatic N) is 7. The van der Waals surface area contributed by atoms with Crippen LogP contribution in [0.4, 0.5) is 54.2 Å². The Morgan fingerprint density at radius 1 is 0.608 bits per heavy atom. The zero-order valence-electron chi connectivity index (χ0n) is 37.6. The molecule has 3 aromatic heterocycles. The number of rotatable bonds is 7. The number of carbonyl (C=O) groups is 5. The van der Waals surface area contributed by atoms with Crippen LogP contribution in [0.5, 0.6) is 0 Å². The number of hydrogen-bond acceptors (Lipinski definition) is 13. The summed E-state index contributed by atoms with van der Waals surface area (Å²) in [6, 6.07) is 14.5. The van der Waals surface area contributed by atoms with E-state index in [1.54, 1.807) is 43.1 Å². The highest BCUT2D eigenvalue weighted by atomic mass is 35.5. The van der Waals surface area contributed by atoms with Gasteiger partial charge in [0.05, 0.1) is 39.4 Å². The van der Waals surface area contributed by atoms with E-state index in [1.807, 2.05) is 18.2 Å². The number of carbonyl (C=O) groups excluding carboxylic acids is 2. The van der Waals surface area contributed by atoms with Gasteiger partial charge in [-0.05, 0) is 42.5 Å². The van der Waals surface area contributed by atoms with Gasteiger partial charge in [0.15, 0.2) is 0 Å². The molecule has 0 aliphatic carbocycles. The topological polar surface area (TPSA) is 263 Å². The number of nitrogens with one attached hydrogen (secondary N) is 3. The van der Waals surface area contributed by atoms with Gasteiger partial charge in [-0.3, -0.25) is 29.5 Å². The third-order valence-corrected chi connectivity index (χ3v) is 10.1. The lowest BCUT2D eigenvalue weighted by molar-refractivity contribution is -0.193. The van der Waals surface area contributed by atoms with Gasteiger partial charge in [0, 0.05) is 105 Å². The fraction of sp³-hybridized carbons (Fsp3) is 0.250. The van der Waals surface area contributed by atoms with E-state index in [-0.39, 0.29) is 17.0 Å². The largest absolute Gasteiger partial charge is 0.490 e. The molecule has 0 bridgehead atoms. The Kier molecular flexibility index (Phi) is 19.7. The summed E-state index contributed by atoms with van der Waals surface area (Å²) in [5.41, 5.74) is 4.93. The van der Waals surface area contributed by atoms with Crippen molar-refractivity contribution < 1.29 is 87.6 Å². The maximum atomic E-state index is 14.5. The molecular weight excluding hydrogens is 1040 g/mol. The van der Waals surface area contributed by atoms with E-state index in [0.29, 0.717) is 52.5 Å². The molecule has 18 nitrogen and oxygen atoms in total. The Hall–Kier alpha value is -8.21. The molecule has 8 rings (SSSR count). The zero-order chi connectivity index (χ0) is 55.3. The molecule has 394 valence electrons. The lowest BCUT2D eigenvalue weighted by Gasteiger charge is -2.39. The average molecular weight is 1080 g/mol. The predicted molar refractivity (Wildman–Crippen MR) is 238 cm³/mol. The number of aliphatic carboxylic acids is 3. The van der Waals surface area contributed by atoms with E-state index in [2.05, 4.69) is 50.8 Å². The Morgan fingerprint density at radius 3 is 1.38 bits per heavy atom. The monoisotopic (exact) mass is 1080 g/mol. The van der Waals surface area contributed by atoms with Gasteiger partial charge in [0.1, 0.15) is 11.6 Å². The van der Waals surface area contributed by atoms with Gasteiger partial charge in [-0.1, -0.05) is 23.7 Å². The smallest absolute Gasteiger partial charge is 0.475 e. The number of hydrogen-bond donors (Lipinski definition) is 6. The maximum absolute atomic E-state index is 14.5. The van der Waals surface area contributed by atoms with Crippen molar-refractivity contribution in [3.8, 4) is 22.5 Å². The summed E-state index contributed by atoms with van der Waals surface area (Å²) in [7, 11) is 2.94. The van der Waals surface area contributed by atoms with Crippen molar-refractivity contribution in [3.63, 3.8) is 0 Å². The number of amides is 2. The number of halogens is 12. The molecule has 6 N–H and O–H groups in total. The number of carboxylic acid groups (broad SMARTS) is 3. The van der Waals surface area contributed by atoms with E-state index in [4.69, 9.17) is 41.3 Å². The molecule has 2 aliphatic rings. The lowest BCUT2D eigenvalue weighted by atomic mass is 9.92. The molecule has 3 aromatic carbocycles. The number of aromatic nitrogens is 6. The highest BCUT2D eigenvalue weighted by Crippen LogP contribution is 2.35. The second kappa shape index (κ2) is 25.0. The summed E-state index contributed by atoms with van der Waals surface area (Å²) in [6.07, 6.45) is -7.02. The molecule has 74 heavy (non-hydrogen) atoms. The van der Waals surface area contributed by atoms with Gasteiger partial charge < -0.3 is 36.2 Å². The molecule has 0 spiro atoms. The molecule has 2 fully saturated rings. The highest BCUT2D eigenvalue weighted by Gasteiger charge is 2.40. The van der Waals surface area contributed by atoms with Crippen LogP contribution in [-0.4, -0.2) is 134 Å². The Morgan fingerprint density at radius 2 is 1.01 bits per heavy atom. The number of benzene rings is 3. The molecule has 0 atom stereocenters. The summed E-state index contributed by atoms with van der Waals surface area (Å²) < 4.78 is 124. The van der Waals surface area contributed by atoms with Gasteiger partial charge in [-0.2, -0.15) is 39.5 Å². The van der Waals surface area contributed by atoms with Crippen molar-refractivity contribution >= 4 is 58.2 Å². The van der Waals surface area contributed by atoms with Gasteiger partial charge in [-0.15, -0.1) is 0 Å². The zero-order valence-corrected chi connectivity index (χ0v) is 38.4. The van der Waals surface area contributed by atoms with Crippen molar-refractivity contribution in [3.05, 3.63) is 125 Å². The summed E-state index contributed by atoms with van der Waals surface area (Å²) in [4.78, 5) is 78.8. The first-order valence-corrected chi connectivity index (χ1v) is 20.9. The van der Waals surface area contributed by atoms with Crippen LogP contribution in [0.1, 0.15) is 43.9 Å². The molecule has 2 aliphatic heterocycles. The minimum Gasteiger partial charge on any atom is -0.475 e. The summed E-state index contributed by atoms with van der Waals surface area (Å²) in [5.74, 6) is -9.32. The minimum absolute atomic E-state index is 0.00920. The van der Waals surface area contributed by atoms with Crippen LogP contribution in [0.3, 0.4) is 0 Å². The van der Waals surface area contributed by atoms with Crippen molar-refractivity contribution in [2.75, 3.05) is 45.2 Å². The van der Waals surface area contributed by atoms with Crippen LogP contribution in [0.15, 0.2) is 85.6 Å². The molecular formula is C44H36ClF11N10O8. The van der Waals surface area contributed by atoms with E-state index in [0.717, 1.165) is 35.4 Å². The number of carboxylic acids is 3. The Labute approximate surface area is 413 Å². The van der Waals surface area contributed by atoms with Gasteiger partial charge in [0.25, 0.3) is 11.8 Å². The second-order valence-corrected chi connectivity index (χ2v) is 15.3. The Balaban J connectivity index is 0.000000240. The number of anilines is 1. The van der Waals surface area contributed by atoms with Gasteiger partial charge in [0.2, 0.25) is 5.95 Å². The molecule has 6 aromatic rings.